The van der Waals surface area contributed by atoms with Gasteiger partial charge in [0.15, 0.2) is 6.04 Å². The summed E-state index contributed by atoms with van der Waals surface area (Å²) < 4.78 is 5.74. The number of carboxylic acid groups (broad SMARTS) is 1. The zero-order valence-corrected chi connectivity index (χ0v) is 11.7. The highest BCUT2D eigenvalue weighted by Gasteiger charge is 2.23. The Kier molecular flexibility index (Phi) is 3.79. The molecular formula is C11H15N5O2S. The van der Waals surface area contributed by atoms with Crippen LogP contribution in [0.2, 0.25) is 0 Å². The lowest BCUT2D eigenvalue weighted by atomic mass is 10.2. The van der Waals surface area contributed by atoms with Crippen LogP contribution in [0.4, 0.5) is 5.13 Å². The Hall–Kier alpha value is -1.96. The fourth-order valence-electron chi connectivity index (χ4n) is 1.53. The van der Waals surface area contributed by atoms with Crippen LogP contribution in [0.15, 0.2) is 12.4 Å². The molecule has 2 heterocycles. The molecule has 8 heteroatoms. The van der Waals surface area contributed by atoms with Gasteiger partial charge in [-0.3, -0.25) is 4.68 Å². The Morgan fingerprint density at radius 2 is 2.26 bits per heavy atom. The second-order valence-corrected chi connectivity index (χ2v) is 5.23. The van der Waals surface area contributed by atoms with E-state index in [4.69, 9.17) is 0 Å². The predicted octanol–water partition coefficient (Wildman–Crippen LogP) is 1.63. The summed E-state index contributed by atoms with van der Waals surface area (Å²) in [6.45, 7) is 3.98. The predicted molar refractivity (Wildman–Crippen MR) is 71.2 cm³/mol. The molecule has 7 nitrogen and oxygen atoms in total. The first kappa shape index (κ1) is 13.5. The molecule has 1 unspecified atom stereocenters. The third-order valence-electron chi connectivity index (χ3n) is 2.53. The van der Waals surface area contributed by atoms with E-state index in [1.807, 2.05) is 13.8 Å². The third kappa shape index (κ3) is 3.08. The van der Waals surface area contributed by atoms with E-state index in [0.29, 0.717) is 16.5 Å². The van der Waals surface area contributed by atoms with Crippen molar-refractivity contribution in [3.05, 3.63) is 23.8 Å². The molecule has 19 heavy (non-hydrogen) atoms. The molecule has 0 radical (unpaired) electrons. The number of hydrogen-bond acceptors (Lipinski definition) is 6. The minimum absolute atomic E-state index is 0.216. The van der Waals surface area contributed by atoms with Crippen LogP contribution in [-0.2, 0) is 11.8 Å². The molecule has 0 bridgehead atoms. The smallest absolute Gasteiger partial charge is 0.331 e. The Morgan fingerprint density at radius 1 is 1.53 bits per heavy atom. The molecular weight excluding hydrogens is 266 g/mol. The van der Waals surface area contributed by atoms with E-state index in [2.05, 4.69) is 19.8 Å². The number of aryl methyl sites for hydroxylation is 1. The van der Waals surface area contributed by atoms with Crippen LogP contribution in [0, 0.1) is 0 Å². The molecule has 0 aromatic carbocycles. The van der Waals surface area contributed by atoms with Crippen molar-refractivity contribution >= 4 is 22.6 Å². The summed E-state index contributed by atoms with van der Waals surface area (Å²) in [4.78, 5) is 15.6. The van der Waals surface area contributed by atoms with Crippen LogP contribution in [0.3, 0.4) is 0 Å². The molecule has 0 saturated heterocycles. The minimum Gasteiger partial charge on any atom is -0.479 e. The van der Waals surface area contributed by atoms with Crippen molar-refractivity contribution in [2.24, 2.45) is 7.05 Å². The molecule has 2 aromatic heterocycles. The summed E-state index contributed by atoms with van der Waals surface area (Å²) in [6.07, 6.45) is 3.19. The summed E-state index contributed by atoms with van der Waals surface area (Å²) >= 11 is 1.16. The van der Waals surface area contributed by atoms with Gasteiger partial charge in [-0.25, -0.2) is 9.78 Å². The lowest BCUT2D eigenvalue weighted by Gasteiger charge is -2.10. The maximum Gasteiger partial charge on any atom is 0.331 e. The summed E-state index contributed by atoms with van der Waals surface area (Å²) in [5.74, 6) is -0.0504. The highest BCUT2D eigenvalue weighted by atomic mass is 32.1. The van der Waals surface area contributed by atoms with Crippen LogP contribution in [-0.4, -0.2) is 30.2 Å². The van der Waals surface area contributed by atoms with Crippen LogP contribution >= 0.6 is 11.5 Å². The quantitative estimate of drug-likeness (QED) is 0.865. The number of rotatable bonds is 5. The van der Waals surface area contributed by atoms with E-state index in [0.717, 1.165) is 11.5 Å². The Balaban J connectivity index is 2.19. The van der Waals surface area contributed by atoms with Gasteiger partial charge < -0.3 is 10.4 Å². The van der Waals surface area contributed by atoms with Crippen molar-refractivity contribution < 1.29 is 9.90 Å². The number of anilines is 1. The number of hydrogen-bond donors (Lipinski definition) is 2. The Morgan fingerprint density at radius 3 is 2.74 bits per heavy atom. The van der Waals surface area contributed by atoms with Crippen LogP contribution in [0.1, 0.15) is 37.2 Å². The van der Waals surface area contributed by atoms with Crippen LogP contribution < -0.4 is 5.32 Å². The van der Waals surface area contributed by atoms with Gasteiger partial charge >= 0.3 is 5.97 Å². The molecule has 0 fully saturated rings. The molecule has 102 valence electrons. The molecule has 0 aliphatic heterocycles. The lowest BCUT2D eigenvalue weighted by molar-refractivity contribution is -0.138. The monoisotopic (exact) mass is 281 g/mol. The molecule has 0 spiro atoms. The van der Waals surface area contributed by atoms with Gasteiger partial charge in [-0.1, -0.05) is 13.8 Å². The van der Waals surface area contributed by atoms with Gasteiger partial charge in [0.2, 0.25) is 5.13 Å². The molecule has 0 saturated carbocycles. The van der Waals surface area contributed by atoms with Crippen molar-refractivity contribution in [3.8, 4) is 0 Å². The highest BCUT2D eigenvalue weighted by Crippen LogP contribution is 2.23. The number of nitrogens with one attached hydrogen (secondary N) is 1. The summed E-state index contributed by atoms with van der Waals surface area (Å²) in [5.41, 5.74) is 0.580. The molecule has 2 N–H and O–H groups in total. The van der Waals surface area contributed by atoms with Crippen LogP contribution in [0.25, 0.3) is 0 Å². The highest BCUT2D eigenvalue weighted by molar-refractivity contribution is 7.09. The number of aliphatic carboxylic acids is 1. The SMILES string of the molecule is CC(C)c1nsc(NC(C(=O)O)c2cnn(C)c2)n1. The fraction of sp³-hybridized carbons (Fsp3) is 0.455. The molecule has 0 aliphatic carbocycles. The van der Waals surface area contributed by atoms with Crippen molar-refractivity contribution in [3.63, 3.8) is 0 Å². The molecule has 0 amide bonds. The lowest BCUT2D eigenvalue weighted by Crippen LogP contribution is -2.20. The van der Waals surface area contributed by atoms with Gasteiger partial charge in [-0.15, -0.1) is 0 Å². The maximum atomic E-state index is 11.3. The summed E-state index contributed by atoms with van der Waals surface area (Å²) in [6, 6.07) is -0.873. The zero-order valence-electron chi connectivity index (χ0n) is 10.9. The van der Waals surface area contributed by atoms with Crippen LogP contribution in [0.5, 0.6) is 0 Å². The van der Waals surface area contributed by atoms with Gasteiger partial charge in [-0.05, 0) is 0 Å². The second kappa shape index (κ2) is 5.35. The van der Waals surface area contributed by atoms with Crippen molar-refractivity contribution in [2.45, 2.75) is 25.8 Å². The fourth-order valence-corrected chi connectivity index (χ4v) is 2.26. The topological polar surface area (TPSA) is 92.9 Å². The van der Waals surface area contributed by atoms with Gasteiger partial charge in [0.05, 0.1) is 6.20 Å². The van der Waals surface area contributed by atoms with Crippen molar-refractivity contribution in [2.75, 3.05) is 5.32 Å². The zero-order chi connectivity index (χ0) is 14.0. The Labute approximate surface area is 114 Å². The summed E-state index contributed by atoms with van der Waals surface area (Å²) in [7, 11) is 1.74. The van der Waals surface area contributed by atoms with E-state index in [1.54, 1.807) is 17.9 Å². The van der Waals surface area contributed by atoms with Gasteiger partial charge in [0.1, 0.15) is 5.82 Å². The van der Waals surface area contributed by atoms with E-state index in [1.165, 1.54) is 6.20 Å². The Bertz CT molecular complexity index is 577. The normalized spacial score (nSPS) is 12.6. The van der Waals surface area contributed by atoms with E-state index < -0.39 is 12.0 Å². The molecule has 0 aliphatic rings. The van der Waals surface area contributed by atoms with E-state index >= 15 is 0 Å². The largest absolute Gasteiger partial charge is 0.479 e. The maximum absolute atomic E-state index is 11.3. The average molecular weight is 281 g/mol. The summed E-state index contributed by atoms with van der Waals surface area (Å²) in [5, 5.41) is 16.6. The van der Waals surface area contributed by atoms with Gasteiger partial charge in [-0.2, -0.15) is 9.47 Å². The number of carboxylic acids is 1. The molecule has 1 atom stereocenters. The van der Waals surface area contributed by atoms with Gasteiger partial charge in [0, 0.05) is 36.3 Å². The van der Waals surface area contributed by atoms with Crippen molar-refractivity contribution in [1.29, 1.82) is 0 Å². The number of nitrogens with zero attached hydrogens (tertiary/aromatic N) is 4. The number of aromatic nitrogens is 4. The minimum atomic E-state index is -0.978. The number of carbonyl (C=O) groups is 1. The van der Waals surface area contributed by atoms with Crippen molar-refractivity contribution in [1.82, 2.24) is 19.1 Å². The second-order valence-electron chi connectivity index (χ2n) is 4.48. The molecule has 2 rings (SSSR count). The first-order valence-electron chi connectivity index (χ1n) is 5.79. The third-order valence-corrected chi connectivity index (χ3v) is 3.19. The van der Waals surface area contributed by atoms with E-state index in [9.17, 15) is 9.90 Å². The molecule has 2 aromatic rings. The first-order valence-corrected chi connectivity index (χ1v) is 6.56. The average Bonchev–Trinajstić information content (AvgIpc) is 2.94. The van der Waals surface area contributed by atoms with Gasteiger partial charge in [0.25, 0.3) is 0 Å². The van der Waals surface area contributed by atoms with E-state index in [-0.39, 0.29) is 5.92 Å². The first-order chi connectivity index (χ1) is 8.97. The standard InChI is InChI=1S/C11H15N5O2S/c1-6(2)9-14-11(19-15-9)13-8(10(17)18)7-4-12-16(3)5-7/h4-6,8H,1-3H3,(H,17,18)(H,13,14,15).